The maximum atomic E-state index is 11.7. The van der Waals surface area contributed by atoms with Crippen LogP contribution in [0.1, 0.15) is 30.9 Å². The zero-order chi connectivity index (χ0) is 18.4. The van der Waals surface area contributed by atoms with E-state index in [0.29, 0.717) is 12.5 Å². The number of nitrogens with one attached hydrogen (secondary N) is 1. The average Bonchev–Trinajstić information content (AvgIpc) is 2.65. The molecule has 26 heavy (non-hydrogen) atoms. The van der Waals surface area contributed by atoms with Crippen LogP contribution in [0.2, 0.25) is 0 Å². The van der Waals surface area contributed by atoms with Gasteiger partial charge >= 0.3 is 5.97 Å². The molecular formula is C22H28N2O2. The van der Waals surface area contributed by atoms with Crippen molar-refractivity contribution < 1.29 is 9.90 Å². The van der Waals surface area contributed by atoms with Gasteiger partial charge in [-0.3, -0.25) is 9.69 Å². The van der Waals surface area contributed by atoms with Crippen LogP contribution in [0, 0.1) is 0 Å². The summed E-state index contributed by atoms with van der Waals surface area (Å²) in [5.74, 6) is -0.770. The Bertz CT molecular complexity index is 690. The Morgan fingerprint density at radius 2 is 1.73 bits per heavy atom. The molecule has 2 N–H and O–H groups in total. The summed E-state index contributed by atoms with van der Waals surface area (Å²) in [6, 6.07) is 20.5. The average molecular weight is 352 g/mol. The molecule has 1 heterocycles. The molecule has 2 aromatic carbocycles. The number of rotatable bonds is 7. The minimum atomic E-state index is -0.770. The second-order valence-corrected chi connectivity index (χ2v) is 7.27. The molecule has 3 atom stereocenters. The summed E-state index contributed by atoms with van der Waals surface area (Å²) in [5.41, 5.74) is 2.39. The van der Waals surface area contributed by atoms with Crippen molar-refractivity contribution in [3.63, 3.8) is 0 Å². The smallest absolute Gasteiger partial charge is 0.321 e. The highest BCUT2D eigenvalue weighted by molar-refractivity contribution is 5.74. The summed E-state index contributed by atoms with van der Waals surface area (Å²) in [4.78, 5) is 14.2. The van der Waals surface area contributed by atoms with Crippen LogP contribution in [0.25, 0.3) is 0 Å². The van der Waals surface area contributed by atoms with Crippen LogP contribution in [-0.2, 0) is 17.8 Å². The molecule has 2 unspecified atom stereocenters. The van der Waals surface area contributed by atoms with Gasteiger partial charge in [0.2, 0.25) is 0 Å². The van der Waals surface area contributed by atoms with Gasteiger partial charge in [-0.05, 0) is 37.3 Å². The third kappa shape index (κ3) is 5.16. The fourth-order valence-electron chi connectivity index (χ4n) is 3.78. The predicted octanol–water partition coefficient (Wildman–Crippen LogP) is 3.33. The molecule has 0 spiro atoms. The molecule has 0 amide bonds. The number of aliphatic carboxylic acids is 1. The highest BCUT2D eigenvalue weighted by Gasteiger charge is 2.29. The van der Waals surface area contributed by atoms with Crippen LogP contribution >= 0.6 is 0 Å². The highest BCUT2D eigenvalue weighted by atomic mass is 16.4. The van der Waals surface area contributed by atoms with Gasteiger partial charge in [0.15, 0.2) is 0 Å². The SMILES string of the molecule is CC1CC(N[C@@H](Cc2ccccc2)C(=O)O)CCN1Cc1ccccc1. The van der Waals surface area contributed by atoms with E-state index in [0.717, 1.165) is 31.5 Å². The van der Waals surface area contributed by atoms with Gasteiger partial charge < -0.3 is 10.4 Å². The topological polar surface area (TPSA) is 52.6 Å². The van der Waals surface area contributed by atoms with Crippen LogP contribution in [-0.4, -0.2) is 40.6 Å². The van der Waals surface area contributed by atoms with Crippen molar-refractivity contribution in [3.8, 4) is 0 Å². The predicted molar refractivity (Wildman–Crippen MR) is 104 cm³/mol. The van der Waals surface area contributed by atoms with Gasteiger partial charge in [0, 0.05) is 25.2 Å². The molecule has 0 aromatic heterocycles. The van der Waals surface area contributed by atoms with Crippen molar-refractivity contribution in [3.05, 3.63) is 71.8 Å². The van der Waals surface area contributed by atoms with Crippen molar-refractivity contribution in [1.29, 1.82) is 0 Å². The molecule has 1 aliphatic rings. The molecule has 1 fully saturated rings. The number of carboxylic acid groups (broad SMARTS) is 1. The molecule has 4 nitrogen and oxygen atoms in total. The lowest BCUT2D eigenvalue weighted by atomic mass is 9.95. The summed E-state index contributed by atoms with van der Waals surface area (Å²) in [5, 5.41) is 13.0. The molecule has 1 saturated heterocycles. The molecule has 138 valence electrons. The summed E-state index contributed by atoms with van der Waals surface area (Å²) >= 11 is 0. The Hall–Kier alpha value is -2.17. The van der Waals surface area contributed by atoms with E-state index in [2.05, 4.69) is 41.4 Å². The first kappa shape index (κ1) is 18.6. The third-order valence-corrected chi connectivity index (χ3v) is 5.26. The van der Waals surface area contributed by atoms with E-state index >= 15 is 0 Å². The number of carbonyl (C=O) groups is 1. The second kappa shape index (κ2) is 8.97. The van der Waals surface area contributed by atoms with Gasteiger partial charge in [0.25, 0.3) is 0 Å². The minimum absolute atomic E-state index is 0.252. The number of nitrogens with zero attached hydrogens (tertiary/aromatic N) is 1. The largest absolute Gasteiger partial charge is 0.480 e. The minimum Gasteiger partial charge on any atom is -0.480 e. The monoisotopic (exact) mass is 352 g/mol. The molecule has 3 rings (SSSR count). The number of benzene rings is 2. The first-order chi connectivity index (χ1) is 12.6. The fourth-order valence-corrected chi connectivity index (χ4v) is 3.78. The lowest BCUT2D eigenvalue weighted by Crippen LogP contribution is -2.52. The van der Waals surface area contributed by atoms with Crippen molar-refractivity contribution in [2.45, 2.75) is 50.9 Å². The van der Waals surface area contributed by atoms with E-state index in [1.165, 1.54) is 5.56 Å². The second-order valence-electron chi connectivity index (χ2n) is 7.27. The molecular weight excluding hydrogens is 324 g/mol. The lowest BCUT2D eigenvalue weighted by molar-refractivity contribution is -0.139. The number of likely N-dealkylation sites (tertiary alicyclic amines) is 1. The quantitative estimate of drug-likeness (QED) is 0.803. The Balaban J connectivity index is 1.54. The third-order valence-electron chi connectivity index (χ3n) is 5.26. The fraction of sp³-hybridized carbons (Fsp3) is 0.409. The van der Waals surface area contributed by atoms with E-state index in [1.807, 2.05) is 36.4 Å². The first-order valence-electron chi connectivity index (χ1n) is 9.42. The van der Waals surface area contributed by atoms with E-state index in [9.17, 15) is 9.90 Å². The van der Waals surface area contributed by atoms with Gasteiger partial charge in [-0.15, -0.1) is 0 Å². The number of piperidine rings is 1. The van der Waals surface area contributed by atoms with Gasteiger partial charge in [-0.2, -0.15) is 0 Å². The van der Waals surface area contributed by atoms with Crippen LogP contribution in [0.3, 0.4) is 0 Å². The summed E-state index contributed by atoms with van der Waals surface area (Å²) < 4.78 is 0. The summed E-state index contributed by atoms with van der Waals surface area (Å²) in [6.45, 7) is 4.19. The molecule has 0 radical (unpaired) electrons. The van der Waals surface area contributed by atoms with E-state index in [1.54, 1.807) is 0 Å². The molecule has 0 aliphatic carbocycles. The summed E-state index contributed by atoms with van der Waals surface area (Å²) in [7, 11) is 0. The molecule has 1 aliphatic heterocycles. The van der Waals surface area contributed by atoms with Crippen LogP contribution in [0.15, 0.2) is 60.7 Å². The number of hydrogen-bond acceptors (Lipinski definition) is 3. The van der Waals surface area contributed by atoms with Gasteiger partial charge in [0.05, 0.1) is 0 Å². The molecule has 2 aromatic rings. The Morgan fingerprint density at radius 3 is 2.31 bits per heavy atom. The Labute approximate surface area is 155 Å². The summed E-state index contributed by atoms with van der Waals surface area (Å²) in [6.07, 6.45) is 2.48. The first-order valence-corrected chi connectivity index (χ1v) is 9.42. The van der Waals surface area contributed by atoms with Crippen molar-refractivity contribution in [2.24, 2.45) is 0 Å². The van der Waals surface area contributed by atoms with Crippen molar-refractivity contribution >= 4 is 5.97 Å². The van der Waals surface area contributed by atoms with Crippen molar-refractivity contribution in [2.75, 3.05) is 6.54 Å². The zero-order valence-corrected chi connectivity index (χ0v) is 15.3. The van der Waals surface area contributed by atoms with Crippen LogP contribution in [0.4, 0.5) is 0 Å². The molecule has 0 bridgehead atoms. The molecule has 4 heteroatoms. The maximum absolute atomic E-state index is 11.7. The zero-order valence-electron chi connectivity index (χ0n) is 15.3. The lowest BCUT2D eigenvalue weighted by Gasteiger charge is -2.39. The standard InChI is InChI=1S/C22H28N2O2/c1-17-14-20(12-13-24(17)16-19-10-6-3-7-11-19)23-21(22(25)26)15-18-8-4-2-5-9-18/h2-11,17,20-21,23H,12-16H2,1H3,(H,25,26)/t17?,20?,21-/m0/s1. The highest BCUT2D eigenvalue weighted by Crippen LogP contribution is 2.20. The Kier molecular flexibility index (Phi) is 6.42. The van der Waals surface area contributed by atoms with E-state index < -0.39 is 12.0 Å². The van der Waals surface area contributed by atoms with E-state index in [-0.39, 0.29) is 6.04 Å². The van der Waals surface area contributed by atoms with E-state index in [4.69, 9.17) is 0 Å². The van der Waals surface area contributed by atoms with Gasteiger partial charge in [-0.1, -0.05) is 60.7 Å². The molecule has 0 saturated carbocycles. The van der Waals surface area contributed by atoms with Crippen LogP contribution in [0.5, 0.6) is 0 Å². The van der Waals surface area contributed by atoms with Gasteiger partial charge in [0.1, 0.15) is 6.04 Å². The number of hydrogen-bond donors (Lipinski definition) is 2. The maximum Gasteiger partial charge on any atom is 0.321 e. The van der Waals surface area contributed by atoms with Gasteiger partial charge in [-0.25, -0.2) is 0 Å². The number of carboxylic acids is 1. The Morgan fingerprint density at radius 1 is 1.12 bits per heavy atom. The van der Waals surface area contributed by atoms with Crippen LogP contribution < -0.4 is 5.32 Å². The van der Waals surface area contributed by atoms with Crippen molar-refractivity contribution in [1.82, 2.24) is 10.2 Å². The normalized spacial score (nSPS) is 22.0.